The van der Waals surface area contributed by atoms with E-state index in [1.807, 2.05) is 85.8 Å². The van der Waals surface area contributed by atoms with Crippen molar-refractivity contribution in [3.05, 3.63) is 140 Å². The summed E-state index contributed by atoms with van der Waals surface area (Å²) in [6.45, 7) is 16.1. The lowest BCUT2D eigenvalue weighted by Crippen LogP contribution is -2.56. The maximum atomic E-state index is 13.6. The number of nitrogens with one attached hydrogen (secondary N) is 1. The minimum absolute atomic E-state index is 0.0123. The maximum absolute atomic E-state index is 13.6. The highest BCUT2D eigenvalue weighted by Crippen LogP contribution is 2.59. The molecule has 3 aromatic carbocycles. The molecule has 2 fully saturated rings. The SMILES string of the molecule is C=C1[C@H]2[C@H](n3cc(C)c(=O)[nH]c3=O)O[C@@](COC(c3ccccc3)(c3ccc(OC)cc3)c3ccc(OC)cc3)(O[C@H]1C)[C@H]2OP(OCCC#N)N(C(C)C)C(C)C. The van der Waals surface area contributed by atoms with E-state index in [1.54, 1.807) is 21.1 Å². The molecule has 2 aliphatic rings. The van der Waals surface area contributed by atoms with E-state index in [-0.39, 0.29) is 31.7 Å². The molecule has 1 unspecified atom stereocenters. The van der Waals surface area contributed by atoms with Crippen LogP contribution in [0.25, 0.3) is 0 Å². The van der Waals surface area contributed by atoms with Crippen LogP contribution in [-0.4, -0.2) is 71.7 Å². The summed E-state index contributed by atoms with van der Waals surface area (Å²) in [4.78, 5) is 28.7. The van der Waals surface area contributed by atoms with E-state index < -0.39 is 55.5 Å². The Bertz CT molecular complexity index is 2130. The number of benzene rings is 3. The third-order valence-corrected chi connectivity index (χ3v) is 12.8. The molecule has 6 atom stereocenters. The second kappa shape index (κ2) is 18.1. The van der Waals surface area contributed by atoms with Crippen LogP contribution in [0, 0.1) is 24.2 Å². The number of ether oxygens (including phenoxy) is 5. The van der Waals surface area contributed by atoms with Crippen LogP contribution in [0.5, 0.6) is 11.5 Å². The zero-order valence-corrected chi connectivity index (χ0v) is 35.2. The fourth-order valence-corrected chi connectivity index (χ4v) is 9.65. The van der Waals surface area contributed by atoms with E-state index in [2.05, 4.69) is 50.0 Å². The van der Waals surface area contributed by atoms with Crippen molar-refractivity contribution in [2.75, 3.05) is 27.4 Å². The number of aromatic amines is 1. The summed E-state index contributed by atoms with van der Waals surface area (Å²) < 4.78 is 49.6. The van der Waals surface area contributed by atoms with Crippen LogP contribution in [0.3, 0.4) is 0 Å². The molecule has 308 valence electrons. The largest absolute Gasteiger partial charge is 0.497 e. The van der Waals surface area contributed by atoms with Gasteiger partial charge in [0.25, 0.3) is 14.1 Å². The minimum atomic E-state index is -1.85. The highest BCUT2D eigenvalue weighted by atomic mass is 31.2. The molecule has 58 heavy (non-hydrogen) atoms. The van der Waals surface area contributed by atoms with Crippen LogP contribution in [0.4, 0.5) is 0 Å². The molecule has 6 rings (SSSR count). The third-order valence-electron chi connectivity index (χ3n) is 10.7. The van der Waals surface area contributed by atoms with Crippen molar-refractivity contribution in [3.8, 4) is 17.6 Å². The molecule has 1 N–H and O–H groups in total. The molecular formula is C44H53N4O9P. The highest BCUT2D eigenvalue weighted by molar-refractivity contribution is 7.44. The van der Waals surface area contributed by atoms with Crippen LogP contribution >= 0.6 is 8.53 Å². The molecule has 2 aliphatic heterocycles. The van der Waals surface area contributed by atoms with Gasteiger partial charge in [-0.25, -0.2) is 9.46 Å². The van der Waals surface area contributed by atoms with Gasteiger partial charge < -0.3 is 32.7 Å². The van der Waals surface area contributed by atoms with Crippen molar-refractivity contribution in [1.29, 1.82) is 5.26 Å². The number of H-pyrrole nitrogens is 1. The first kappa shape index (κ1) is 43.0. The van der Waals surface area contributed by atoms with Crippen LogP contribution < -0.4 is 20.7 Å². The second-order valence-electron chi connectivity index (χ2n) is 15.0. The number of aromatic nitrogens is 2. The minimum Gasteiger partial charge on any atom is -0.497 e. The fraction of sp³-hybridized carbons (Fsp3) is 0.432. The van der Waals surface area contributed by atoms with E-state index in [1.165, 1.54) is 10.8 Å². The van der Waals surface area contributed by atoms with Crippen molar-refractivity contribution in [1.82, 2.24) is 14.2 Å². The standard InChI is InChI=1S/C44H53N4O9P/c1-28(2)48(29(3)4)58(54-25-13-24-45)57-39-38-31(6)32(7)55-43(39,56-41(38)47-26-30(5)40(49)46-42(47)50)27-53-44(33-14-11-10-12-15-33,34-16-20-36(51-8)21-17-34)35-18-22-37(52-9)23-19-35/h10-12,14-23,26,28-29,32,38-39,41H,6,13,25,27H2,1-5,7-9H3,(H,46,49,50)/t32-,38+,39-,41+,43+,58?/m0/s1. The van der Waals surface area contributed by atoms with E-state index >= 15 is 0 Å². The van der Waals surface area contributed by atoms with Crippen molar-refractivity contribution in [2.24, 2.45) is 5.92 Å². The summed E-state index contributed by atoms with van der Waals surface area (Å²) in [6, 6.07) is 27.4. The Hall–Kier alpha value is -4.64. The molecule has 0 radical (unpaired) electrons. The van der Waals surface area contributed by atoms with Crippen LogP contribution in [-0.2, 0) is 28.9 Å². The van der Waals surface area contributed by atoms with Gasteiger partial charge in [-0.15, -0.1) is 0 Å². The number of aryl methyl sites for hydroxylation is 1. The van der Waals surface area contributed by atoms with E-state index in [0.717, 1.165) is 16.7 Å². The molecule has 14 heteroatoms. The van der Waals surface area contributed by atoms with Crippen molar-refractivity contribution in [3.63, 3.8) is 0 Å². The number of rotatable bonds is 17. The Labute approximate surface area is 341 Å². The lowest BCUT2D eigenvalue weighted by atomic mass is 9.79. The first-order valence-corrected chi connectivity index (χ1v) is 20.5. The van der Waals surface area contributed by atoms with Crippen molar-refractivity contribution in [2.45, 2.75) is 89.9 Å². The summed E-state index contributed by atoms with van der Waals surface area (Å²) in [7, 11) is 1.38. The molecule has 3 heterocycles. The first-order chi connectivity index (χ1) is 27.8. The van der Waals surface area contributed by atoms with Gasteiger partial charge in [0.05, 0.1) is 45.3 Å². The topological polar surface area (TPSA) is 147 Å². The lowest BCUT2D eigenvalue weighted by molar-refractivity contribution is -0.304. The van der Waals surface area contributed by atoms with Gasteiger partial charge in [-0.1, -0.05) is 61.2 Å². The summed E-state index contributed by atoms with van der Waals surface area (Å²) in [5.74, 6) is -0.996. The van der Waals surface area contributed by atoms with Gasteiger partial charge >= 0.3 is 5.69 Å². The molecule has 0 aliphatic carbocycles. The second-order valence-corrected chi connectivity index (χ2v) is 16.4. The molecule has 0 saturated carbocycles. The van der Waals surface area contributed by atoms with E-state index in [0.29, 0.717) is 22.6 Å². The first-order valence-electron chi connectivity index (χ1n) is 19.4. The molecule has 1 aromatic heterocycles. The summed E-state index contributed by atoms with van der Waals surface area (Å²) in [6.07, 6.45) is -0.898. The fourth-order valence-electron chi connectivity index (χ4n) is 7.86. The molecule has 2 saturated heterocycles. The zero-order chi connectivity index (χ0) is 41.8. The number of nitriles is 1. The zero-order valence-electron chi connectivity index (χ0n) is 34.3. The average Bonchev–Trinajstić information content (AvgIpc) is 3.46. The smallest absolute Gasteiger partial charge is 0.330 e. The summed E-state index contributed by atoms with van der Waals surface area (Å²) in [5.41, 5.74) is 0.931. The molecule has 4 aromatic rings. The average molecular weight is 813 g/mol. The number of nitrogens with zero attached hydrogens (tertiary/aromatic N) is 3. The Morgan fingerprint density at radius 2 is 1.50 bits per heavy atom. The van der Waals surface area contributed by atoms with Gasteiger partial charge in [0.15, 0.2) is 6.23 Å². The number of methoxy groups -OCH3 is 2. The lowest BCUT2D eigenvalue weighted by Gasteiger charge is -2.46. The Balaban J connectivity index is 1.56. The number of fused-ring (bicyclic) bond motifs is 2. The third kappa shape index (κ3) is 8.29. The molecule has 0 amide bonds. The van der Waals surface area contributed by atoms with Crippen LogP contribution in [0.1, 0.15) is 69.5 Å². The van der Waals surface area contributed by atoms with E-state index in [9.17, 15) is 14.9 Å². The molecule has 2 bridgehead atoms. The monoisotopic (exact) mass is 812 g/mol. The molecular weight excluding hydrogens is 759 g/mol. The van der Waals surface area contributed by atoms with Gasteiger partial charge in [-0.2, -0.15) is 5.26 Å². The van der Waals surface area contributed by atoms with Crippen LogP contribution in [0.15, 0.2) is 107 Å². The Kier molecular flexibility index (Phi) is 13.4. The summed E-state index contributed by atoms with van der Waals surface area (Å²) in [5, 5.41) is 9.46. The molecule has 0 spiro atoms. The van der Waals surface area contributed by atoms with Crippen molar-refractivity contribution < 1.29 is 32.7 Å². The Morgan fingerprint density at radius 1 is 0.931 bits per heavy atom. The summed E-state index contributed by atoms with van der Waals surface area (Å²) >= 11 is 0. The van der Waals surface area contributed by atoms with E-state index in [4.69, 9.17) is 32.7 Å². The van der Waals surface area contributed by atoms with Crippen molar-refractivity contribution >= 4 is 8.53 Å². The number of hydrogen-bond donors (Lipinski definition) is 1. The predicted octanol–water partition coefficient (Wildman–Crippen LogP) is 7.35. The normalized spacial score (nSPS) is 22.3. The molecule has 13 nitrogen and oxygen atoms in total. The maximum Gasteiger partial charge on any atom is 0.330 e. The van der Waals surface area contributed by atoms with Gasteiger partial charge in [-0.05, 0) is 88.1 Å². The van der Waals surface area contributed by atoms with Gasteiger partial charge in [0.1, 0.15) is 29.8 Å². The van der Waals surface area contributed by atoms with Gasteiger partial charge in [-0.3, -0.25) is 14.3 Å². The van der Waals surface area contributed by atoms with Gasteiger partial charge in [0, 0.05) is 23.8 Å². The van der Waals surface area contributed by atoms with Crippen LogP contribution in [0.2, 0.25) is 0 Å². The number of hydrogen-bond acceptors (Lipinski definition) is 11. The quantitative estimate of drug-likeness (QED) is 0.0494. The highest BCUT2D eigenvalue weighted by Gasteiger charge is 2.65. The van der Waals surface area contributed by atoms with Gasteiger partial charge in [0.2, 0.25) is 5.79 Å². The predicted molar refractivity (Wildman–Crippen MR) is 220 cm³/mol. The Morgan fingerprint density at radius 3 is 2.03 bits per heavy atom.